The van der Waals surface area contributed by atoms with Gasteiger partial charge in [-0.15, -0.1) is 0 Å². The normalized spacial score (nSPS) is 15.0. The number of amides is 1. The summed E-state index contributed by atoms with van der Waals surface area (Å²) in [6, 6.07) is 11.7. The summed E-state index contributed by atoms with van der Waals surface area (Å²) in [4.78, 5) is 15.5. The Morgan fingerprint density at radius 2 is 1.66 bits per heavy atom. The molecule has 0 saturated heterocycles. The van der Waals surface area contributed by atoms with E-state index in [2.05, 4.69) is 6.07 Å². The highest BCUT2D eigenvalue weighted by atomic mass is 16.5. The molecule has 0 radical (unpaired) electrons. The topological polar surface area (TPSA) is 57.2 Å². The molecule has 0 unspecified atom stereocenters. The molecule has 2 aromatic carbocycles. The number of carbonyl (C=O) groups is 1. The summed E-state index contributed by atoms with van der Waals surface area (Å²) in [5.41, 5.74) is 1.73. The number of nitrogens with zero attached hydrogens (tertiary/aromatic N) is 1. The predicted molar refractivity (Wildman–Crippen MR) is 125 cm³/mol. The Balaban J connectivity index is 1.87. The van der Waals surface area contributed by atoms with Crippen LogP contribution in [0.1, 0.15) is 50.5 Å². The lowest BCUT2D eigenvalue weighted by Crippen LogP contribution is -2.43. The first kappa shape index (κ1) is 23.8. The fraction of sp³-hybridized carbons (Fsp3) is 0.500. The molecule has 1 heterocycles. The largest absolute Gasteiger partial charge is 0.493 e. The smallest absolute Gasteiger partial charge is 0.254 e. The summed E-state index contributed by atoms with van der Waals surface area (Å²) in [6.45, 7) is 12.4. The van der Waals surface area contributed by atoms with Gasteiger partial charge in [-0.2, -0.15) is 0 Å². The maximum Gasteiger partial charge on any atom is 0.254 e. The minimum absolute atomic E-state index is 0.0392. The van der Waals surface area contributed by atoms with Crippen LogP contribution in [0, 0.1) is 5.92 Å². The molecule has 1 aliphatic heterocycles. The highest BCUT2D eigenvalue weighted by molar-refractivity contribution is 5.96. The van der Waals surface area contributed by atoms with E-state index in [1.54, 1.807) is 12.1 Å². The Labute approximate surface area is 191 Å². The minimum atomic E-state index is -0.0520. The molecular formula is C26H35NO5. The summed E-state index contributed by atoms with van der Waals surface area (Å²) >= 11 is 0. The van der Waals surface area contributed by atoms with E-state index in [0.717, 1.165) is 12.2 Å². The number of para-hydroxylation sites is 1. The van der Waals surface area contributed by atoms with E-state index in [4.69, 9.17) is 18.9 Å². The molecule has 0 spiro atoms. The third-order valence-corrected chi connectivity index (χ3v) is 5.45. The zero-order valence-electron chi connectivity index (χ0n) is 19.8. The van der Waals surface area contributed by atoms with Crippen LogP contribution in [0.4, 0.5) is 0 Å². The number of carbonyl (C=O) groups excluding carboxylic acids is 1. The molecule has 32 heavy (non-hydrogen) atoms. The zero-order valence-corrected chi connectivity index (χ0v) is 19.8. The average molecular weight is 442 g/mol. The van der Waals surface area contributed by atoms with Gasteiger partial charge in [0.15, 0.2) is 11.5 Å². The second kappa shape index (κ2) is 11.1. The predicted octanol–water partition coefficient (Wildman–Crippen LogP) is 4.98. The van der Waals surface area contributed by atoms with Crippen LogP contribution in [0.25, 0.3) is 0 Å². The molecule has 0 aliphatic carbocycles. The molecule has 3 rings (SSSR count). The molecule has 2 aromatic rings. The Kier molecular flexibility index (Phi) is 8.26. The van der Waals surface area contributed by atoms with Crippen molar-refractivity contribution in [1.29, 1.82) is 0 Å². The van der Waals surface area contributed by atoms with E-state index in [9.17, 15) is 4.79 Å². The summed E-state index contributed by atoms with van der Waals surface area (Å²) in [6.07, 6.45) is 0.893. The standard InChI is InChI=1S/C26H35NO5/c1-6-29-23-14-21(15-24(30-7-2)25(23)31-8-3)26(28)27(18(4)5)16-19-13-20-11-9-10-12-22(20)32-17-19/h9-12,14-15,18-19H,6-8,13,16-17H2,1-5H3/t19-/m1/s1. The van der Waals surface area contributed by atoms with Crippen LogP contribution in [0.5, 0.6) is 23.0 Å². The number of benzene rings is 2. The summed E-state index contributed by atoms with van der Waals surface area (Å²) < 4.78 is 23.3. The van der Waals surface area contributed by atoms with Gasteiger partial charge >= 0.3 is 0 Å². The van der Waals surface area contributed by atoms with E-state index in [-0.39, 0.29) is 17.9 Å². The third-order valence-electron chi connectivity index (χ3n) is 5.45. The van der Waals surface area contributed by atoms with Crippen LogP contribution < -0.4 is 18.9 Å². The number of ether oxygens (including phenoxy) is 4. The van der Waals surface area contributed by atoms with Crippen LogP contribution in [0.3, 0.4) is 0 Å². The molecular weight excluding hydrogens is 406 g/mol. The summed E-state index contributed by atoms with van der Waals surface area (Å²) in [7, 11) is 0. The summed E-state index contributed by atoms with van der Waals surface area (Å²) in [5, 5.41) is 0. The van der Waals surface area contributed by atoms with E-state index < -0.39 is 0 Å². The zero-order chi connectivity index (χ0) is 23.1. The average Bonchev–Trinajstić information content (AvgIpc) is 2.79. The van der Waals surface area contributed by atoms with Crippen molar-refractivity contribution in [3.63, 3.8) is 0 Å². The fourth-order valence-electron chi connectivity index (χ4n) is 3.99. The van der Waals surface area contributed by atoms with Gasteiger partial charge in [0.2, 0.25) is 5.75 Å². The lowest BCUT2D eigenvalue weighted by molar-refractivity contribution is 0.0635. The van der Waals surface area contributed by atoms with Gasteiger partial charge in [-0.25, -0.2) is 0 Å². The van der Waals surface area contributed by atoms with Crippen molar-refractivity contribution >= 4 is 5.91 Å². The minimum Gasteiger partial charge on any atom is -0.493 e. The second-order valence-corrected chi connectivity index (χ2v) is 8.14. The van der Waals surface area contributed by atoms with Gasteiger partial charge < -0.3 is 23.8 Å². The lowest BCUT2D eigenvalue weighted by atomic mass is 9.95. The molecule has 6 nitrogen and oxygen atoms in total. The first-order chi connectivity index (χ1) is 15.5. The molecule has 0 N–H and O–H groups in total. The van der Waals surface area contributed by atoms with E-state index in [1.165, 1.54) is 5.56 Å². The molecule has 1 atom stereocenters. The molecule has 0 fully saturated rings. The number of fused-ring (bicyclic) bond motifs is 1. The van der Waals surface area contributed by atoms with Gasteiger partial charge in [0.25, 0.3) is 5.91 Å². The van der Waals surface area contributed by atoms with E-state index >= 15 is 0 Å². The van der Waals surface area contributed by atoms with Crippen molar-refractivity contribution in [1.82, 2.24) is 4.90 Å². The van der Waals surface area contributed by atoms with Crippen molar-refractivity contribution in [3.8, 4) is 23.0 Å². The van der Waals surface area contributed by atoms with Crippen molar-refractivity contribution in [2.24, 2.45) is 5.92 Å². The SMILES string of the molecule is CCOc1cc(C(=O)N(C[C@@H]2COc3ccccc3C2)C(C)C)cc(OCC)c1OCC. The lowest BCUT2D eigenvalue weighted by Gasteiger charge is -2.33. The maximum atomic E-state index is 13.6. The fourth-order valence-corrected chi connectivity index (χ4v) is 3.99. The van der Waals surface area contributed by atoms with Crippen LogP contribution in [0.2, 0.25) is 0 Å². The molecule has 1 amide bonds. The Morgan fingerprint density at radius 1 is 1.03 bits per heavy atom. The number of hydrogen-bond acceptors (Lipinski definition) is 5. The highest BCUT2D eigenvalue weighted by Gasteiger charge is 2.28. The molecule has 0 saturated carbocycles. The van der Waals surface area contributed by atoms with Crippen molar-refractivity contribution in [3.05, 3.63) is 47.5 Å². The maximum absolute atomic E-state index is 13.6. The van der Waals surface area contributed by atoms with Crippen LogP contribution in [-0.4, -0.2) is 49.8 Å². The van der Waals surface area contributed by atoms with Gasteiger partial charge in [0.1, 0.15) is 5.75 Å². The van der Waals surface area contributed by atoms with E-state index in [0.29, 0.717) is 55.8 Å². The van der Waals surface area contributed by atoms with E-state index in [1.807, 2.05) is 57.7 Å². The Bertz CT molecular complexity index is 884. The van der Waals surface area contributed by atoms with Gasteiger partial charge in [0, 0.05) is 24.1 Å². The van der Waals surface area contributed by atoms with Crippen LogP contribution in [0.15, 0.2) is 36.4 Å². The first-order valence-electron chi connectivity index (χ1n) is 11.6. The van der Waals surface area contributed by atoms with Gasteiger partial charge in [-0.1, -0.05) is 18.2 Å². The molecule has 0 bridgehead atoms. The van der Waals surface area contributed by atoms with Crippen LogP contribution in [-0.2, 0) is 6.42 Å². The van der Waals surface area contributed by atoms with Crippen molar-refractivity contribution in [2.75, 3.05) is 33.0 Å². The Morgan fingerprint density at radius 3 is 2.25 bits per heavy atom. The number of hydrogen-bond donors (Lipinski definition) is 0. The molecule has 174 valence electrons. The molecule has 0 aromatic heterocycles. The highest BCUT2D eigenvalue weighted by Crippen LogP contribution is 2.39. The van der Waals surface area contributed by atoms with Crippen molar-refractivity contribution in [2.45, 2.75) is 47.1 Å². The third kappa shape index (κ3) is 5.47. The summed E-state index contributed by atoms with van der Waals surface area (Å²) in [5.74, 6) is 2.73. The monoisotopic (exact) mass is 441 g/mol. The molecule has 6 heteroatoms. The number of rotatable bonds is 10. The molecule has 1 aliphatic rings. The van der Waals surface area contributed by atoms with Gasteiger partial charge in [-0.3, -0.25) is 4.79 Å². The first-order valence-corrected chi connectivity index (χ1v) is 11.6. The Hall–Kier alpha value is -2.89. The van der Waals surface area contributed by atoms with Gasteiger partial charge in [-0.05, 0) is 64.8 Å². The van der Waals surface area contributed by atoms with Crippen LogP contribution >= 0.6 is 0 Å². The van der Waals surface area contributed by atoms with Gasteiger partial charge in [0.05, 0.1) is 26.4 Å². The van der Waals surface area contributed by atoms with Crippen molar-refractivity contribution < 1.29 is 23.7 Å². The quantitative estimate of drug-likeness (QED) is 0.520. The second-order valence-electron chi connectivity index (χ2n) is 8.14.